The van der Waals surface area contributed by atoms with E-state index in [1.807, 2.05) is 0 Å². The van der Waals surface area contributed by atoms with Crippen molar-refractivity contribution in [2.45, 2.75) is 19.8 Å². The Labute approximate surface area is 93.7 Å². The van der Waals surface area contributed by atoms with Crippen molar-refractivity contribution in [1.82, 2.24) is 0 Å². The summed E-state index contributed by atoms with van der Waals surface area (Å²) >= 11 is 1.52. The maximum Gasteiger partial charge on any atom is 0.340 e. The molecule has 1 aromatic heterocycles. The minimum Gasteiger partial charge on any atom is -0.465 e. The van der Waals surface area contributed by atoms with Gasteiger partial charge >= 0.3 is 5.97 Å². The smallest absolute Gasteiger partial charge is 0.340 e. The zero-order valence-corrected chi connectivity index (χ0v) is 9.83. The van der Waals surface area contributed by atoms with Gasteiger partial charge in [0, 0.05) is 10.3 Å². The fraction of sp³-hybridized carbons (Fsp3) is 0.444. The van der Waals surface area contributed by atoms with E-state index in [0.717, 1.165) is 17.7 Å². The number of aryl methyl sites for hydroxylation is 1. The second-order valence-corrected chi connectivity index (χ2v) is 3.69. The van der Waals surface area contributed by atoms with E-state index in [4.69, 9.17) is 5.73 Å². The molecular formula is C9H14ClNO2S. The molecule has 2 N–H and O–H groups in total. The molecule has 0 saturated heterocycles. The number of hydrogen-bond donors (Lipinski definition) is 1. The van der Waals surface area contributed by atoms with Crippen molar-refractivity contribution in [3.8, 4) is 0 Å². The Morgan fingerprint density at radius 1 is 1.64 bits per heavy atom. The summed E-state index contributed by atoms with van der Waals surface area (Å²) in [7, 11) is 1.36. The quantitative estimate of drug-likeness (QED) is 0.819. The molecule has 0 bridgehead atoms. The van der Waals surface area contributed by atoms with Crippen molar-refractivity contribution in [2.24, 2.45) is 0 Å². The zero-order valence-electron chi connectivity index (χ0n) is 8.20. The molecule has 0 spiro atoms. The molecule has 0 unspecified atom stereocenters. The van der Waals surface area contributed by atoms with Gasteiger partial charge in [-0.1, -0.05) is 13.3 Å². The van der Waals surface area contributed by atoms with Gasteiger partial charge in [0.2, 0.25) is 0 Å². The third-order valence-corrected chi connectivity index (χ3v) is 2.85. The summed E-state index contributed by atoms with van der Waals surface area (Å²) in [5, 5.41) is 1.76. The highest BCUT2D eigenvalue weighted by Crippen LogP contribution is 2.26. The number of thiophene rings is 1. The lowest BCUT2D eigenvalue weighted by atomic mass is 10.2. The van der Waals surface area contributed by atoms with Crippen LogP contribution in [0.1, 0.15) is 28.6 Å². The summed E-state index contributed by atoms with van der Waals surface area (Å²) in [6.07, 6.45) is 1.96. The molecule has 3 nitrogen and oxygen atoms in total. The van der Waals surface area contributed by atoms with Crippen LogP contribution in [0.3, 0.4) is 0 Å². The second-order valence-electron chi connectivity index (χ2n) is 2.73. The Balaban J connectivity index is 0.00000169. The van der Waals surface area contributed by atoms with Gasteiger partial charge in [-0.15, -0.1) is 23.7 Å². The van der Waals surface area contributed by atoms with E-state index in [1.165, 1.54) is 18.4 Å². The lowest BCUT2D eigenvalue weighted by Gasteiger charge is -1.99. The van der Waals surface area contributed by atoms with Gasteiger partial charge in [0.05, 0.1) is 18.4 Å². The molecule has 0 aliphatic rings. The first kappa shape index (κ1) is 13.3. The van der Waals surface area contributed by atoms with Crippen LogP contribution in [-0.4, -0.2) is 13.1 Å². The van der Waals surface area contributed by atoms with Gasteiger partial charge in [-0.3, -0.25) is 0 Å². The largest absolute Gasteiger partial charge is 0.465 e. The number of carbonyl (C=O) groups excluding carboxylic acids is 1. The molecular weight excluding hydrogens is 222 g/mol. The molecule has 80 valence electrons. The lowest BCUT2D eigenvalue weighted by Crippen LogP contribution is -2.03. The Hall–Kier alpha value is -0.740. The van der Waals surface area contributed by atoms with Gasteiger partial charge in [-0.25, -0.2) is 4.79 Å². The Morgan fingerprint density at radius 2 is 2.29 bits per heavy atom. The van der Waals surface area contributed by atoms with Crippen molar-refractivity contribution in [3.05, 3.63) is 15.8 Å². The molecule has 1 heterocycles. The van der Waals surface area contributed by atoms with E-state index in [0.29, 0.717) is 11.3 Å². The average molecular weight is 236 g/mol. The maximum atomic E-state index is 11.2. The van der Waals surface area contributed by atoms with Crippen molar-refractivity contribution >= 4 is 35.4 Å². The third kappa shape index (κ3) is 2.62. The highest BCUT2D eigenvalue weighted by atomic mass is 35.5. The van der Waals surface area contributed by atoms with E-state index in [-0.39, 0.29) is 18.4 Å². The van der Waals surface area contributed by atoms with Crippen LogP contribution in [0.25, 0.3) is 0 Å². The van der Waals surface area contributed by atoms with Crippen molar-refractivity contribution < 1.29 is 9.53 Å². The summed E-state index contributed by atoms with van der Waals surface area (Å²) in [4.78, 5) is 12.2. The SMILES string of the molecule is CCCc1scc(C(=O)OC)c1N.Cl. The number of ether oxygens (including phenoxy) is 1. The molecule has 1 rings (SSSR count). The van der Waals surface area contributed by atoms with Gasteiger partial charge < -0.3 is 10.5 Å². The van der Waals surface area contributed by atoms with Gasteiger partial charge in [0.25, 0.3) is 0 Å². The molecule has 0 atom stereocenters. The van der Waals surface area contributed by atoms with Gasteiger partial charge in [0.1, 0.15) is 0 Å². The van der Waals surface area contributed by atoms with Crippen molar-refractivity contribution in [2.75, 3.05) is 12.8 Å². The third-order valence-electron chi connectivity index (χ3n) is 1.79. The number of anilines is 1. The molecule has 0 amide bonds. The topological polar surface area (TPSA) is 52.3 Å². The molecule has 0 fully saturated rings. The van der Waals surface area contributed by atoms with Gasteiger partial charge in [-0.05, 0) is 6.42 Å². The zero-order chi connectivity index (χ0) is 9.84. The Morgan fingerprint density at radius 3 is 2.79 bits per heavy atom. The standard InChI is InChI=1S/C9H13NO2S.ClH/c1-3-4-7-8(10)6(5-13-7)9(11)12-2;/h5H,3-4,10H2,1-2H3;1H. The van der Waals surface area contributed by atoms with Crippen LogP contribution in [0.15, 0.2) is 5.38 Å². The van der Waals surface area contributed by atoms with Crippen LogP contribution in [0.2, 0.25) is 0 Å². The number of halogens is 1. The number of hydrogen-bond acceptors (Lipinski definition) is 4. The first-order valence-corrected chi connectivity index (χ1v) is 5.02. The van der Waals surface area contributed by atoms with Crippen LogP contribution in [0.4, 0.5) is 5.69 Å². The number of esters is 1. The van der Waals surface area contributed by atoms with Gasteiger partial charge in [0.15, 0.2) is 0 Å². The molecule has 0 saturated carbocycles. The fourth-order valence-electron chi connectivity index (χ4n) is 1.10. The lowest BCUT2D eigenvalue weighted by molar-refractivity contribution is 0.0602. The van der Waals surface area contributed by atoms with Crippen LogP contribution >= 0.6 is 23.7 Å². The predicted octanol–water partition coefficient (Wildman–Crippen LogP) is 2.49. The average Bonchev–Trinajstić information content (AvgIpc) is 2.48. The first-order chi connectivity index (χ1) is 6.20. The summed E-state index contributed by atoms with van der Waals surface area (Å²) < 4.78 is 4.60. The normalized spacial score (nSPS) is 9.29. The number of nitrogens with two attached hydrogens (primary N) is 1. The van der Waals surface area contributed by atoms with E-state index in [1.54, 1.807) is 5.38 Å². The predicted molar refractivity (Wildman–Crippen MR) is 61.3 cm³/mol. The first-order valence-electron chi connectivity index (χ1n) is 4.14. The Bertz CT molecular complexity index is 312. The summed E-state index contributed by atoms with van der Waals surface area (Å²) in [6, 6.07) is 0. The minimum absolute atomic E-state index is 0. The fourth-order valence-corrected chi connectivity index (χ4v) is 2.14. The summed E-state index contributed by atoms with van der Waals surface area (Å²) in [6.45, 7) is 2.08. The molecule has 0 aromatic carbocycles. The molecule has 5 heteroatoms. The van der Waals surface area contributed by atoms with E-state index < -0.39 is 0 Å². The highest BCUT2D eigenvalue weighted by Gasteiger charge is 2.14. The number of carbonyl (C=O) groups is 1. The molecule has 14 heavy (non-hydrogen) atoms. The summed E-state index contributed by atoms with van der Waals surface area (Å²) in [5.74, 6) is -0.351. The number of nitrogen functional groups attached to an aromatic ring is 1. The van der Waals surface area contributed by atoms with Crippen LogP contribution in [-0.2, 0) is 11.2 Å². The minimum atomic E-state index is -0.351. The van der Waals surface area contributed by atoms with Crippen LogP contribution in [0.5, 0.6) is 0 Å². The van der Waals surface area contributed by atoms with E-state index >= 15 is 0 Å². The molecule has 1 aromatic rings. The highest BCUT2D eigenvalue weighted by molar-refractivity contribution is 7.10. The molecule has 0 radical (unpaired) electrons. The summed E-state index contributed by atoms with van der Waals surface area (Å²) in [5.41, 5.74) is 6.85. The molecule has 0 aliphatic carbocycles. The van der Waals surface area contributed by atoms with Gasteiger partial charge in [-0.2, -0.15) is 0 Å². The van der Waals surface area contributed by atoms with Crippen molar-refractivity contribution in [3.63, 3.8) is 0 Å². The number of methoxy groups -OCH3 is 1. The second kappa shape index (κ2) is 5.88. The molecule has 0 aliphatic heterocycles. The maximum absolute atomic E-state index is 11.2. The van der Waals surface area contributed by atoms with E-state index in [2.05, 4.69) is 11.7 Å². The Kier molecular flexibility index (Phi) is 5.57. The van der Waals surface area contributed by atoms with Crippen LogP contribution < -0.4 is 5.73 Å². The van der Waals surface area contributed by atoms with Crippen LogP contribution in [0, 0.1) is 0 Å². The van der Waals surface area contributed by atoms with E-state index in [9.17, 15) is 4.79 Å². The monoisotopic (exact) mass is 235 g/mol. The van der Waals surface area contributed by atoms with Crippen molar-refractivity contribution in [1.29, 1.82) is 0 Å². The number of rotatable bonds is 3.